The molecule has 0 bridgehead atoms. The predicted molar refractivity (Wildman–Crippen MR) is 92.4 cm³/mol. The molecule has 22 heavy (non-hydrogen) atoms. The monoisotopic (exact) mass is 290 g/mol. The van der Waals surface area contributed by atoms with Gasteiger partial charge >= 0.3 is 0 Å². The van der Waals surface area contributed by atoms with E-state index in [1.54, 1.807) is 6.33 Å². The quantitative estimate of drug-likeness (QED) is 0.785. The highest BCUT2D eigenvalue weighted by molar-refractivity contribution is 5.69. The normalized spacial score (nSPS) is 13.5. The van der Waals surface area contributed by atoms with Crippen LogP contribution < -0.4 is 0 Å². The number of aromatic nitrogens is 2. The maximum absolute atomic E-state index is 4.27. The Morgan fingerprint density at radius 2 is 1.50 bits per heavy atom. The molecule has 0 aliphatic heterocycles. The van der Waals surface area contributed by atoms with Gasteiger partial charge < -0.3 is 0 Å². The molecular weight excluding hydrogens is 268 g/mol. The lowest BCUT2D eigenvalue weighted by Gasteiger charge is -2.17. The molecule has 0 fully saturated rings. The van der Waals surface area contributed by atoms with E-state index in [1.807, 2.05) is 12.4 Å². The Balaban J connectivity index is 1.64. The molecule has 0 saturated heterocycles. The van der Waals surface area contributed by atoms with Crippen molar-refractivity contribution in [1.82, 2.24) is 9.97 Å². The van der Waals surface area contributed by atoms with Crippen molar-refractivity contribution < 1.29 is 0 Å². The second kappa shape index (κ2) is 6.69. The number of benzene rings is 1. The van der Waals surface area contributed by atoms with Gasteiger partial charge in [0.15, 0.2) is 0 Å². The van der Waals surface area contributed by atoms with Crippen LogP contribution in [-0.2, 0) is 12.8 Å². The Morgan fingerprint density at radius 3 is 2.23 bits per heavy atom. The molecule has 3 rings (SSSR count). The van der Waals surface area contributed by atoms with E-state index < -0.39 is 0 Å². The second-order valence-electron chi connectivity index (χ2n) is 6.02. The Kier molecular flexibility index (Phi) is 4.47. The van der Waals surface area contributed by atoms with Crippen LogP contribution in [0, 0.1) is 0 Å². The smallest absolute Gasteiger partial charge is 0.115 e. The summed E-state index contributed by atoms with van der Waals surface area (Å²) in [5.41, 5.74) is 7.58. The van der Waals surface area contributed by atoms with Gasteiger partial charge in [0.1, 0.15) is 6.33 Å². The molecule has 0 amide bonds. The van der Waals surface area contributed by atoms with Crippen LogP contribution in [0.15, 0.2) is 50.1 Å². The fraction of sp³-hybridized carbons (Fsp3) is 0.300. The average Bonchev–Trinajstić information content (AvgIpc) is 2.59. The minimum atomic E-state index is 0.892. The van der Waals surface area contributed by atoms with Gasteiger partial charge in [-0.2, -0.15) is 0 Å². The van der Waals surface area contributed by atoms with Gasteiger partial charge in [-0.05, 0) is 66.4 Å². The number of hydrogen-bond acceptors (Lipinski definition) is 2. The maximum atomic E-state index is 4.27. The Labute approximate surface area is 132 Å². The van der Waals surface area contributed by atoms with Crippen LogP contribution in [0.3, 0.4) is 0 Å². The number of allylic oxidation sites excluding steroid dienone is 2. The van der Waals surface area contributed by atoms with E-state index in [2.05, 4.69) is 41.3 Å². The van der Waals surface area contributed by atoms with Gasteiger partial charge in [-0.25, -0.2) is 9.97 Å². The molecule has 1 heterocycles. The molecule has 1 aromatic carbocycles. The molecule has 0 unspecified atom stereocenters. The van der Waals surface area contributed by atoms with Crippen molar-refractivity contribution in [1.29, 1.82) is 0 Å². The summed E-state index contributed by atoms with van der Waals surface area (Å²) in [5, 5.41) is 0. The number of fused-ring (bicyclic) bond motifs is 1. The number of nitrogens with zero attached hydrogens (tertiary/aromatic N) is 2. The zero-order chi connectivity index (χ0) is 15.4. The van der Waals surface area contributed by atoms with E-state index >= 15 is 0 Å². The van der Waals surface area contributed by atoms with Crippen LogP contribution in [0.4, 0.5) is 0 Å². The molecule has 0 atom stereocenters. The molecule has 2 nitrogen and oxygen atoms in total. The first kappa shape index (κ1) is 14.7. The zero-order valence-electron chi connectivity index (χ0n) is 13.0. The fourth-order valence-corrected chi connectivity index (χ4v) is 3.03. The molecule has 1 aromatic heterocycles. The van der Waals surface area contributed by atoms with Crippen LogP contribution in [0.1, 0.15) is 47.9 Å². The van der Waals surface area contributed by atoms with E-state index in [4.69, 9.17) is 0 Å². The topological polar surface area (TPSA) is 25.8 Å². The highest BCUT2D eigenvalue weighted by Crippen LogP contribution is 2.28. The fourth-order valence-electron chi connectivity index (χ4n) is 3.03. The van der Waals surface area contributed by atoms with Crippen molar-refractivity contribution in [2.75, 3.05) is 0 Å². The third-order valence-electron chi connectivity index (χ3n) is 4.45. The molecule has 2 aromatic rings. The van der Waals surface area contributed by atoms with Crippen molar-refractivity contribution >= 4 is 11.1 Å². The van der Waals surface area contributed by atoms with Crippen LogP contribution >= 0.6 is 0 Å². The zero-order valence-corrected chi connectivity index (χ0v) is 13.0. The summed E-state index contributed by atoms with van der Waals surface area (Å²) >= 11 is 0. The van der Waals surface area contributed by atoms with Crippen molar-refractivity contribution in [3.05, 3.63) is 72.3 Å². The third-order valence-corrected chi connectivity index (χ3v) is 4.45. The van der Waals surface area contributed by atoms with Crippen molar-refractivity contribution in [3.63, 3.8) is 0 Å². The van der Waals surface area contributed by atoms with Gasteiger partial charge in [-0.15, -0.1) is 0 Å². The van der Waals surface area contributed by atoms with E-state index in [9.17, 15) is 0 Å². The maximum Gasteiger partial charge on any atom is 0.115 e. The molecule has 112 valence electrons. The largest absolute Gasteiger partial charge is 0.244 e. The van der Waals surface area contributed by atoms with E-state index in [0.29, 0.717) is 0 Å². The van der Waals surface area contributed by atoms with Gasteiger partial charge in [0.05, 0.1) is 0 Å². The molecular formula is C20H22N2. The number of hydrogen-bond donors (Lipinski definition) is 0. The molecule has 1 aliphatic carbocycles. The van der Waals surface area contributed by atoms with Gasteiger partial charge in [-0.3, -0.25) is 0 Å². The van der Waals surface area contributed by atoms with Crippen molar-refractivity contribution in [3.8, 4) is 0 Å². The van der Waals surface area contributed by atoms with Crippen LogP contribution in [0.2, 0.25) is 0 Å². The van der Waals surface area contributed by atoms with Crippen LogP contribution in [0.25, 0.3) is 11.1 Å². The first-order valence-electron chi connectivity index (χ1n) is 7.97. The van der Waals surface area contributed by atoms with Crippen LogP contribution in [0.5, 0.6) is 0 Å². The van der Waals surface area contributed by atoms with Crippen LogP contribution in [-0.4, -0.2) is 9.97 Å². The Hall–Kier alpha value is -2.22. The lowest BCUT2D eigenvalue weighted by molar-refractivity contribution is 0.685. The van der Waals surface area contributed by atoms with Gasteiger partial charge in [0, 0.05) is 18.0 Å². The van der Waals surface area contributed by atoms with Gasteiger partial charge in [0.25, 0.3) is 0 Å². The van der Waals surface area contributed by atoms with Gasteiger partial charge in [0.2, 0.25) is 0 Å². The Morgan fingerprint density at radius 1 is 0.864 bits per heavy atom. The number of rotatable bonds is 5. The van der Waals surface area contributed by atoms with Crippen molar-refractivity contribution in [2.24, 2.45) is 0 Å². The first-order chi connectivity index (χ1) is 10.7. The summed E-state index contributed by atoms with van der Waals surface area (Å²) in [6, 6.07) is 6.85. The standard InChI is InChI=1S/C20H22N2/c1-15(7-8-16(2)20-12-21-14-22-13-20)18-10-9-17-5-3-4-6-19(17)11-18/h9-14H,1-8H2. The number of aryl methyl sites for hydroxylation is 2. The molecule has 1 aliphatic rings. The van der Waals surface area contributed by atoms with E-state index in [-0.39, 0.29) is 0 Å². The van der Waals surface area contributed by atoms with E-state index in [0.717, 1.165) is 24.0 Å². The third kappa shape index (κ3) is 3.33. The summed E-state index contributed by atoms with van der Waals surface area (Å²) < 4.78 is 0. The molecule has 0 spiro atoms. The highest BCUT2D eigenvalue weighted by Gasteiger charge is 2.11. The molecule has 2 heteroatoms. The summed E-state index contributed by atoms with van der Waals surface area (Å²) in [7, 11) is 0. The molecule has 0 saturated carbocycles. The minimum Gasteiger partial charge on any atom is -0.244 e. The van der Waals surface area contributed by atoms with E-state index in [1.165, 1.54) is 47.9 Å². The first-order valence-corrected chi connectivity index (χ1v) is 7.97. The summed E-state index contributed by atoms with van der Waals surface area (Å²) in [4.78, 5) is 8.09. The van der Waals surface area contributed by atoms with Crippen molar-refractivity contribution in [2.45, 2.75) is 38.5 Å². The molecule has 0 N–H and O–H groups in total. The van der Waals surface area contributed by atoms with Gasteiger partial charge in [-0.1, -0.05) is 31.4 Å². The summed E-state index contributed by atoms with van der Waals surface area (Å²) in [6.07, 6.45) is 12.1. The lowest BCUT2D eigenvalue weighted by atomic mass is 9.88. The summed E-state index contributed by atoms with van der Waals surface area (Å²) in [5.74, 6) is 0. The average molecular weight is 290 g/mol. The Bertz CT molecular complexity index is 686. The minimum absolute atomic E-state index is 0.892. The summed E-state index contributed by atoms with van der Waals surface area (Å²) in [6.45, 7) is 8.41. The lowest BCUT2D eigenvalue weighted by Crippen LogP contribution is -2.03. The highest BCUT2D eigenvalue weighted by atomic mass is 14.8. The predicted octanol–water partition coefficient (Wildman–Crippen LogP) is 4.86. The second-order valence-corrected chi connectivity index (χ2v) is 6.02. The SMILES string of the molecule is C=C(CCC(=C)c1ccc2c(c1)CCCC2)c1cncnc1. The molecule has 0 radical (unpaired) electrons.